The second kappa shape index (κ2) is 54.1. The van der Waals surface area contributed by atoms with Crippen LogP contribution in [0.3, 0.4) is 0 Å². The van der Waals surface area contributed by atoms with Gasteiger partial charge in [0.15, 0.2) is 5.78 Å². The minimum Gasteiger partial charge on any atom is -0.495 e. The summed E-state index contributed by atoms with van der Waals surface area (Å²) in [6.07, 6.45) is 34.2. The largest absolute Gasteiger partial charge is 0.495 e. The maximum atomic E-state index is 13.2. The van der Waals surface area contributed by atoms with Crippen molar-refractivity contribution < 1.29 is 42.9 Å². The van der Waals surface area contributed by atoms with Crippen LogP contribution in [0.5, 0.6) is 23.0 Å². The fraction of sp³-hybridized carbons (Fsp3) is 0.518. The molecule has 734 valence electrons. The molecule has 4 saturated heterocycles. The van der Waals surface area contributed by atoms with Gasteiger partial charge in [-0.05, 0) is 240 Å². The van der Waals surface area contributed by atoms with E-state index in [4.69, 9.17) is 30.5 Å². The Labute approximate surface area is 815 Å². The lowest BCUT2D eigenvalue weighted by molar-refractivity contribution is 0.0837. The van der Waals surface area contributed by atoms with Crippen molar-refractivity contribution in [1.29, 1.82) is 0 Å². The summed E-state index contributed by atoms with van der Waals surface area (Å²) < 4.78 is 31.4. The van der Waals surface area contributed by atoms with Crippen LogP contribution in [-0.2, 0) is 39.3 Å². The van der Waals surface area contributed by atoms with Crippen LogP contribution in [-0.4, -0.2) is 187 Å². The Morgan fingerprint density at radius 2 is 0.654 bits per heavy atom. The summed E-state index contributed by atoms with van der Waals surface area (Å²) in [5.74, 6) is 7.05. The monoisotopic (exact) mass is 1870 g/mol. The van der Waals surface area contributed by atoms with Crippen LogP contribution in [0.15, 0.2) is 176 Å². The molecule has 4 aliphatic rings. The van der Waals surface area contributed by atoms with Crippen LogP contribution >= 0.6 is 11.6 Å². The first-order chi connectivity index (χ1) is 66.2. The van der Waals surface area contributed by atoms with Crippen molar-refractivity contribution in [3.05, 3.63) is 226 Å². The van der Waals surface area contributed by atoms with Gasteiger partial charge >= 0.3 is 0 Å². The van der Waals surface area contributed by atoms with Gasteiger partial charge in [-0.2, -0.15) is 0 Å². The molecule has 8 heterocycles. The van der Waals surface area contributed by atoms with E-state index in [9.17, 15) is 24.0 Å². The summed E-state index contributed by atoms with van der Waals surface area (Å²) in [5, 5.41) is 16.7. The summed E-state index contributed by atoms with van der Waals surface area (Å²) in [6, 6.07) is 49.2. The van der Waals surface area contributed by atoms with Crippen molar-refractivity contribution in [2.45, 2.75) is 229 Å². The van der Waals surface area contributed by atoms with E-state index in [0.29, 0.717) is 59.7 Å². The number of unbranched alkanes of at least 4 members (excludes halogenated alkanes) is 3. The Morgan fingerprint density at radius 1 is 0.353 bits per heavy atom. The number of nitrogens with zero attached hydrogens (tertiary/aromatic N) is 8. The molecule has 0 aliphatic carbocycles. The molecule has 4 aromatic heterocycles. The number of ether oxygens (including phenoxy) is 4. The van der Waals surface area contributed by atoms with Gasteiger partial charge in [0.1, 0.15) is 23.0 Å². The molecular formula is C114H157ClN12O9. The predicted octanol–water partition coefficient (Wildman–Crippen LogP) is 23.1. The molecule has 4 N–H and O–H groups in total. The minimum atomic E-state index is -0.0869. The topological polar surface area (TPSA) is 203 Å². The second-order valence-corrected chi connectivity index (χ2v) is 39.5. The number of likely N-dealkylation sites (tertiary alicyclic amines) is 4. The number of amides is 4. The van der Waals surface area contributed by atoms with Gasteiger partial charge in [0, 0.05) is 115 Å². The van der Waals surface area contributed by atoms with Crippen LogP contribution in [0.1, 0.15) is 252 Å². The Morgan fingerprint density at radius 3 is 0.956 bits per heavy atom. The molecule has 0 bridgehead atoms. The molecular weight excluding hydrogens is 1720 g/mol. The van der Waals surface area contributed by atoms with Crippen LogP contribution in [0.4, 0.5) is 0 Å². The van der Waals surface area contributed by atoms with Gasteiger partial charge in [-0.25, -0.2) is 0 Å². The number of para-hydroxylation sites is 4. The fourth-order valence-electron chi connectivity index (χ4n) is 20.3. The van der Waals surface area contributed by atoms with E-state index in [2.05, 4.69) is 127 Å². The van der Waals surface area contributed by atoms with Gasteiger partial charge in [0.05, 0.1) is 72.8 Å². The van der Waals surface area contributed by atoms with Gasteiger partial charge in [0.2, 0.25) is 0 Å². The lowest BCUT2D eigenvalue weighted by Crippen LogP contribution is -2.37. The normalized spacial score (nSPS) is 15.1. The third kappa shape index (κ3) is 29.8. The maximum absolute atomic E-state index is 13.2. The SMILES string of the molecule is CCCCC1CCN(CCCn2cc(C(=O)NCC(C)C)c3cccc(OC)c32)CC1.CCCCC1CCN(CCCn2cc(C(=O)NCc3cccc(C)c3)c3cccc(OC)c32)CC1.CCCCC1CCN(CCCn2cc(C(=O)NCc3cccc(Cl)c3)c3cccc(OC)c32)CC1.COc1cccc2c(C(=O)NCC(C)C)cn(CCCN3CCC(C(=O)c4ccccc4)CC3)c12. The molecule has 4 amide bonds. The van der Waals surface area contributed by atoms with Crippen LogP contribution in [0.25, 0.3) is 43.6 Å². The van der Waals surface area contributed by atoms with Crippen molar-refractivity contribution in [3.8, 4) is 23.0 Å². The van der Waals surface area contributed by atoms with Gasteiger partial charge in [-0.1, -0.05) is 239 Å². The number of methoxy groups -OCH3 is 4. The fourth-order valence-corrected chi connectivity index (χ4v) is 20.5. The lowest BCUT2D eigenvalue weighted by atomic mass is 9.89. The number of piperidine rings is 4. The Kier molecular flexibility index (Phi) is 41.5. The minimum absolute atomic E-state index is 0.000135. The number of hydrogen-bond donors (Lipinski definition) is 4. The summed E-state index contributed by atoms with van der Waals surface area (Å²) in [5.41, 5.74) is 10.9. The van der Waals surface area contributed by atoms with Gasteiger partial charge < -0.3 is 78.1 Å². The van der Waals surface area contributed by atoms with Crippen LogP contribution in [0.2, 0.25) is 5.02 Å². The Balaban J connectivity index is 0.000000163. The highest BCUT2D eigenvalue weighted by atomic mass is 35.5. The van der Waals surface area contributed by atoms with Crippen molar-refractivity contribution in [2.24, 2.45) is 35.5 Å². The number of benzene rings is 7. The highest BCUT2D eigenvalue weighted by Gasteiger charge is 2.30. The number of ketones is 1. The number of carbonyl (C=O) groups is 5. The second-order valence-electron chi connectivity index (χ2n) is 39.1. The number of Topliss-reactive ketones (excluding diaryl/α,β-unsaturated/α-hetero) is 1. The maximum Gasteiger partial charge on any atom is 0.253 e. The number of rotatable bonds is 43. The number of fused-ring (bicyclic) bond motifs is 4. The Hall–Kier alpha value is -10.4. The molecule has 4 aliphatic heterocycles. The molecule has 0 atom stereocenters. The van der Waals surface area contributed by atoms with Gasteiger partial charge in [-0.15, -0.1) is 0 Å². The lowest BCUT2D eigenvalue weighted by Gasteiger charge is -2.32. The highest BCUT2D eigenvalue weighted by molar-refractivity contribution is 6.30. The molecule has 0 spiro atoms. The van der Waals surface area contributed by atoms with E-state index in [1.807, 2.05) is 164 Å². The van der Waals surface area contributed by atoms with Gasteiger partial charge in [0.25, 0.3) is 23.6 Å². The average Bonchev–Trinajstić information content (AvgIpc) is 1.65. The van der Waals surface area contributed by atoms with Crippen molar-refractivity contribution in [3.63, 3.8) is 0 Å². The molecule has 22 heteroatoms. The highest BCUT2D eigenvalue weighted by Crippen LogP contribution is 2.37. The third-order valence-corrected chi connectivity index (χ3v) is 28.3. The number of halogens is 1. The van der Waals surface area contributed by atoms with E-state index >= 15 is 0 Å². The third-order valence-electron chi connectivity index (χ3n) is 28.1. The molecule has 7 aromatic carbocycles. The first-order valence-corrected chi connectivity index (χ1v) is 51.6. The average molecular weight is 1880 g/mol. The molecule has 136 heavy (non-hydrogen) atoms. The number of aryl methyl sites for hydroxylation is 5. The molecule has 0 unspecified atom stereocenters. The molecule has 0 saturated carbocycles. The van der Waals surface area contributed by atoms with E-state index < -0.39 is 0 Å². The predicted molar refractivity (Wildman–Crippen MR) is 558 cm³/mol. The first kappa shape index (κ1) is 104. The molecule has 21 nitrogen and oxygen atoms in total. The molecule has 15 rings (SSSR count). The number of hydrogen-bond acceptors (Lipinski definition) is 13. The molecule has 11 aromatic rings. The quantitative estimate of drug-likeness (QED) is 0.0263. The summed E-state index contributed by atoms with van der Waals surface area (Å²) in [7, 11) is 6.76. The molecule has 0 radical (unpaired) electrons. The smallest absolute Gasteiger partial charge is 0.253 e. The zero-order valence-electron chi connectivity index (χ0n) is 83.8. The number of carbonyl (C=O) groups excluding carboxylic acids is 5. The van der Waals surface area contributed by atoms with E-state index in [1.165, 1.54) is 141 Å². The summed E-state index contributed by atoms with van der Waals surface area (Å²) in [4.78, 5) is 75.1. The van der Waals surface area contributed by atoms with Crippen LogP contribution in [0, 0.1) is 42.4 Å². The van der Waals surface area contributed by atoms with E-state index in [0.717, 1.165) is 211 Å². The van der Waals surface area contributed by atoms with Crippen molar-refractivity contribution in [1.82, 2.24) is 59.1 Å². The zero-order chi connectivity index (χ0) is 96.2. The Bertz CT molecular complexity index is 5390. The zero-order valence-corrected chi connectivity index (χ0v) is 84.6. The van der Waals surface area contributed by atoms with Crippen molar-refractivity contribution >= 4 is 84.6 Å². The number of aromatic nitrogens is 4. The van der Waals surface area contributed by atoms with Gasteiger partial charge in [-0.3, -0.25) is 24.0 Å². The van der Waals surface area contributed by atoms with E-state index in [-0.39, 0.29) is 35.3 Å². The van der Waals surface area contributed by atoms with Crippen molar-refractivity contribution in [2.75, 3.05) is 120 Å². The summed E-state index contributed by atoms with van der Waals surface area (Å²) >= 11 is 6.09. The van der Waals surface area contributed by atoms with E-state index in [1.54, 1.807) is 28.4 Å². The molecule has 4 fully saturated rings. The van der Waals surface area contributed by atoms with Crippen LogP contribution < -0.4 is 40.2 Å². The summed E-state index contributed by atoms with van der Waals surface area (Å²) in [6.45, 7) is 36.5. The standard InChI is InChI=1S/C30H41N3O2.C29H38ClN3O2.C29H37N3O3.C26H41N3O2/c1-4-5-10-24-14-18-32(19-15-24)16-8-17-33-22-27(26-12-7-13-28(35-3)29(26)33)30(34)31-21-25-11-6-9-23(2)20-25;1-3-4-8-22-13-17-32(18-14-22)15-7-16-33-21-26(25-11-6-12-27(35-2)28(25)33)29(34)31-20-23-9-5-10-24(30)19-23;1-21(2)19-30-29(34)25-20-32(27-24(25)11-7-12-26(27)35-3)16-8-15-31-17-13-23(14-18-31)28(33)22-9-5-4-6-10-22;1-5-6-9-21-12-16-28(17-13-21)14-8-15-29-19-23(26(30)27-18-20(2)3)22-10-7-11-24(31-4)25(22)29/h6-7,9,11-13,20,22,24H,4-5,8,10,14-19,21H2,1-3H3,(H,31,34);5-6,9-12,19,21-22H,3-4,7-8,13-18,20H2,1-2H3,(H,31,34);4-7,9-12,20-21,23H,8,13-19H2,1-3H3,(H,30,34);7,10-11,19-21H,5-6,8-9,12-18H2,1-4H3,(H,27,30). The number of nitrogens with one attached hydrogen (secondary N) is 4. The first-order valence-electron chi connectivity index (χ1n) is 51.2.